The quantitative estimate of drug-likeness (QED) is 0.761. The van der Waals surface area contributed by atoms with Gasteiger partial charge >= 0.3 is 0 Å². The highest BCUT2D eigenvalue weighted by molar-refractivity contribution is 5.75. The summed E-state index contributed by atoms with van der Waals surface area (Å²) >= 11 is 0. The molecule has 1 saturated carbocycles. The maximum atomic E-state index is 13.4. The van der Waals surface area contributed by atoms with Gasteiger partial charge in [0.05, 0.1) is 25.2 Å². The van der Waals surface area contributed by atoms with Crippen molar-refractivity contribution < 1.29 is 14.2 Å². The van der Waals surface area contributed by atoms with E-state index in [1.807, 2.05) is 0 Å². The molecule has 1 fully saturated rings. The Hall–Kier alpha value is -2.80. The van der Waals surface area contributed by atoms with Crippen LogP contribution in [0.1, 0.15) is 31.7 Å². The van der Waals surface area contributed by atoms with Gasteiger partial charge in [0.25, 0.3) is 0 Å². The van der Waals surface area contributed by atoms with Gasteiger partial charge in [-0.2, -0.15) is 4.98 Å². The molecule has 6 nitrogen and oxygen atoms in total. The van der Waals surface area contributed by atoms with Gasteiger partial charge in [-0.15, -0.1) is 0 Å². The molecule has 27 heavy (non-hydrogen) atoms. The zero-order valence-corrected chi connectivity index (χ0v) is 15.0. The molecule has 0 saturated heterocycles. The number of hydrogen-bond donors (Lipinski definition) is 1. The van der Waals surface area contributed by atoms with E-state index in [1.54, 1.807) is 37.8 Å². The Bertz CT molecular complexity index is 918. The van der Waals surface area contributed by atoms with Crippen molar-refractivity contribution in [2.75, 3.05) is 7.11 Å². The minimum absolute atomic E-state index is 0.208. The highest BCUT2D eigenvalue weighted by Crippen LogP contribution is 2.36. The molecule has 1 aliphatic rings. The van der Waals surface area contributed by atoms with Gasteiger partial charge < -0.3 is 14.4 Å². The standard InChI is InChI=1S/C20H21FN4O2/c1-27-17-10-11-22-20(24-17)19-18(13-2-4-14(21)5-3-13)23-12-25(19)15-6-8-16(26)9-7-15/h2-5,10-12,15-16,26H,6-9H2,1H3. The Morgan fingerprint density at radius 2 is 1.81 bits per heavy atom. The summed E-state index contributed by atoms with van der Waals surface area (Å²) in [6.45, 7) is 0. The highest BCUT2D eigenvalue weighted by atomic mass is 19.1. The first-order valence-electron chi connectivity index (χ1n) is 9.04. The molecule has 140 valence electrons. The number of aliphatic hydroxyl groups is 1. The van der Waals surface area contributed by atoms with E-state index in [4.69, 9.17) is 4.74 Å². The summed E-state index contributed by atoms with van der Waals surface area (Å²) in [5.41, 5.74) is 2.28. The number of benzene rings is 1. The molecular weight excluding hydrogens is 347 g/mol. The van der Waals surface area contributed by atoms with Gasteiger partial charge in [-0.05, 0) is 49.9 Å². The number of methoxy groups -OCH3 is 1. The maximum absolute atomic E-state index is 13.4. The zero-order valence-electron chi connectivity index (χ0n) is 15.0. The number of ether oxygens (including phenoxy) is 1. The molecule has 2 heterocycles. The van der Waals surface area contributed by atoms with Gasteiger partial charge in [-0.1, -0.05) is 0 Å². The second kappa shape index (κ2) is 7.44. The molecular formula is C20H21FN4O2. The average molecular weight is 368 g/mol. The Labute approximate surface area is 156 Å². The van der Waals surface area contributed by atoms with Crippen molar-refractivity contribution in [2.45, 2.75) is 37.8 Å². The Balaban J connectivity index is 1.83. The van der Waals surface area contributed by atoms with Crippen molar-refractivity contribution in [3.05, 3.63) is 48.7 Å². The Morgan fingerprint density at radius 1 is 1.07 bits per heavy atom. The van der Waals surface area contributed by atoms with E-state index >= 15 is 0 Å². The van der Waals surface area contributed by atoms with E-state index < -0.39 is 0 Å². The fourth-order valence-electron chi connectivity index (χ4n) is 3.58. The van der Waals surface area contributed by atoms with E-state index in [9.17, 15) is 9.50 Å². The third-order valence-corrected chi connectivity index (χ3v) is 5.02. The van der Waals surface area contributed by atoms with Crippen molar-refractivity contribution in [2.24, 2.45) is 0 Å². The van der Waals surface area contributed by atoms with E-state index in [1.165, 1.54) is 12.1 Å². The van der Waals surface area contributed by atoms with Crippen LogP contribution in [-0.2, 0) is 0 Å². The molecule has 3 aromatic rings. The summed E-state index contributed by atoms with van der Waals surface area (Å²) in [5, 5.41) is 9.84. The van der Waals surface area contributed by atoms with Gasteiger partial charge in [0.1, 0.15) is 11.5 Å². The van der Waals surface area contributed by atoms with Crippen molar-refractivity contribution in [1.29, 1.82) is 0 Å². The average Bonchev–Trinajstić information content (AvgIpc) is 3.14. The molecule has 1 aliphatic carbocycles. The molecule has 0 atom stereocenters. The number of nitrogens with zero attached hydrogens (tertiary/aromatic N) is 4. The smallest absolute Gasteiger partial charge is 0.216 e. The lowest BCUT2D eigenvalue weighted by molar-refractivity contribution is 0.111. The summed E-state index contributed by atoms with van der Waals surface area (Å²) < 4.78 is 20.7. The van der Waals surface area contributed by atoms with Crippen molar-refractivity contribution in [3.63, 3.8) is 0 Å². The number of imidazole rings is 1. The lowest BCUT2D eigenvalue weighted by atomic mass is 9.92. The Morgan fingerprint density at radius 3 is 2.52 bits per heavy atom. The minimum Gasteiger partial charge on any atom is -0.481 e. The van der Waals surface area contributed by atoms with Crippen LogP contribution in [0.15, 0.2) is 42.9 Å². The second-order valence-electron chi connectivity index (χ2n) is 6.74. The van der Waals surface area contributed by atoms with Crippen LogP contribution in [0.3, 0.4) is 0 Å². The molecule has 4 rings (SSSR count). The van der Waals surface area contributed by atoms with Gasteiger partial charge in [-0.25, -0.2) is 14.4 Å². The Kier molecular flexibility index (Phi) is 4.85. The largest absolute Gasteiger partial charge is 0.481 e. The topological polar surface area (TPSA) is 73.1 Å². The van der Waals surface area contributed by atoms with Crippen LogP contribution in [-0.4, -0.2) is 37.8 Å². The molecule has 1 aromatic carbocycles. The fraction of sp³-hybridized carbons (Fsp3) is 0.350. The van der Waals surface area contributed by atoms with Crippen molar-refractivity contribution in [3.8, 4) is 28.7 Å². The number of aliphatic hydroxyl groups excluding tert-OH is 1. The fourth-order valence-corrected chi connectivity index (χ4v) is 3.58. The number of rotatable bonds is 4. The van der Waals surface area contributed by atoms with Crippen LogP contribution >= 0.6 is 0 Å². The first kappa shape index (κ1) is 17.6. The monoisotopic (exact) mass is 368 g/mol. The summed E-state index contributed by atoms with van der Waals surface area (Å²) in [5.74, 6) is 0.688. The van der Waals surface area contributed by atoms with Crippen molar-refractivity contribution >= 4 is 0 Å². The molecule has 7 heteroatoms. The first-order valence-corrected chi connectivity index (χ1v) is 9.04. The van der Waals surface area contributed by atoms with Crippen LogP contribution < -0.4 is 4.74 Å². The predicted molar refractivity (Wildman–Crippen MR) is 98.7 cm³/mol. The van der Waals surface area contributed by atoms with Gasteiger partial charge in [-0.3, -0.25) is 0 Å². The van der Waals surface area contributed by atoms with Crippen LogP contribution in [0.4, 0.5) is 4.39 Å². The molecule has 1 N–H and O–H groups in total. The number of hydrogen-bond acceptors (Lipinski definition) is 5. The van der Waals surface area contributed by atoms with Crippen LogP contribution in [0.2, 0.25) is 0 Å². The molecule has 0 aliphatic heterocycles. The molecule has 0 unspecified atom stereocenters. The van der Waals surface area contributed by atoms with Gasteiger partial charge in [0.15, 0.2) is 5.82 Å². The molecule has 0 bridgehead atoms. The highest BCUT2D eigenvalue weighted by Gasteiger charge is 2.26. The SMILES string of the molecule is COc1ccnc(-c2c(-c3ccc(F)cc3)ncn2C2CCC(O)CC2)n1. The third kappa shape index (κ3) is 3.55. The minimum atomic E-state index is -0.293. The maximum Gasteiger partial charge on any atom is 0.216 e. The molecule has 0 amide bonds. The lowest BCUT2D eigenvalue weighted by Gasteiger charge is -2.27. The summed E-state index contributed by atoms with van der Waals surface area (Å²) in [7, 11) is 1.56. The third-order valence-electron chi connectivity index (χ3n) is 5.02. The van der Waals surface area contributed by atoms with Gasteiger partial charge in [0, 0.05) is 23.9 Å². The van der Waals surface area contributed by atoms with E-state index in [-0.39, 0.29) is 18.0 Å². The molecule has 2 aromatic heterocycles. The number of aromatic nitrogens is 4. The molecule has 0 radical (unpaired) electrons. The molecule has 0 spiro atoms. The van der Waals surface area contributed by atoms with E-state index in [0.717, 1.165) is 36.9 Å². The summed E-state index contributed by atoms with van der Waals surface area (Å²) in [4.78, 5) is 13.5. The summed E-state index contributed by atoms with van der Waals surface area (Å²) in [6, 6.07) is 8.15. The zero-order chi connectivity index (χ0) is 18.8. The number of halogens is 1. The van der Waals surface area contributed by atoms with E-state index in [2.05, 4.69) is 19.5 Å². The van der Waals surface area contributed by atoms with Crippen molar-refractivity contribution in [1.82, 2.24) is 19.5 Å². The van der Waals surface area contributed by atoms with Crippen LogP contribution in [0.5, 0.6) is 5.88 Å². The second-order valence-corrected chi connectivity index (χ2v) is 6.74. The summed E-state index contributed by atoms with van der Waals surface area (Å²) in [6.07, 6.45) is 6.43. The normalized spacial score (nSPS) is 19.8. The lowest BCUT2D eigenvalue weighted by Crippen LogP contribution is -2.21. The first-order chi connectivity index (χ1) is 13.2. The van der Waals surface area contributed by atoms with Crippen LogP contribution in [0.25, 0.3) is 22.8 Å². The predicted octanol–water partition coefficient (Wildman–Crippen LogP) is 3.63. The van der Waals surface area contributed by atoms with E-state index in [0.29, 0.717) is 17.4 Å². The van der Waals surface area contributed by atoms with Gasteiger partial charge in [0.2, 0.25) is 5.88 Å². The van der Waals surface area contributed by atoms with Crippen LogP contribution in [0, 0.1) is 5.82 Å².